The van der Waals surface area contributed by atoms with Gasteiger partial charge in [0.1, 0.15) is 0 Å². The van der Waals surface area contributed by atoms with Crippen LogP contribution in [0.4, 0.5) is 5.69 Å². The van der Waals surface area contributed by atoms with Crippen molar-refractivity contribution in [1.82, 2.24) is 10.2 Å². The van der Waals surface area contributed by atoms with Gasteiger partial charge in [0.05, 0.1) is 0 Å². The number of likely N-dealkylation sites (N-methyl/N-ethyl adjacent to an activating group) is 1. The van der Waals surface area contributed by atoms with Crippen LogP contribution in [0.1, 0.15) is 23.2 Å². The van der Waals surface area contributed by atoms with Crippen molar-refractivity contribution >= 4 is 11.6 Å². The van der Waals surface area contributed by atoms with Crippen molar-refractivity contribution in [2.45, 2.75) is 18.9 Å². The lowest BCUT2D eigenvalue weighted by atomic mass is 10.1. The lowest BCUT2D eigenvalue weighted by Gasteiger charge is -2.19. The number of likely N-dealkylation sites (tertiary alicyclic amines) is 1. The average molecular weight is 247 g/mol. The van der Waals surface area contributed by atoms with Gasteiger partial charge in [0.15, 0.2) is 0 Å². The number of carbonyl (C=O) groups excluding carboxylic acids is 1. The van der Waals surface area contributed by atoms with Crippen LogP contribution in [0.5, 0.6) is 0 Å². The number of hydrogen-bond donors (Lipinski definition) is 2. The highest BCUT2D eigenvalue weighted by molar-refractivity contribution is 5.94. The molecule has 0 aromatic heterocycles. The van der Waals surface area contributed by atoms with Gasteiger partial charge in [-0.05, 0) is 50.7 Å². The van der Waals surface area contributed by atoms with E-state index < -0.39 is 0 Å². The first-order chi connectivity index (χ1) is 8.70. The fourth-order valence-electron chi connectivity index (χ4n) is 2.34. The van der Waals surface area contributed by atoms with Crippen molar-refractivity contribution in [3.8, 4) is 0 Å². The molecule has 1 unspecified atom stereocenters. The quantitative estimate of drug-likeness (QED) is 0.848. The highest BCUT2D eigenvalue weighted by Crippen LogP contribution is 2.14. The third kappa shape index (κ3) is 3.01. The predicted molar refractivity (Wildman–Crippen MR) is 74.0 cm³/mol. The van der Waals surface area contributed by atoms with Crippen molar-refractivity contribution in [2.24, 2.45) is 0 Å². The fourth-order valence-corrected chi connectivity index (χ4v) is 2.34. The summed E-state index contributed by atoms with van der Waals surface area (Å²) in [6.07, 6.45) is 2.41. The second-order valence-corrected chi connectivity index (χ2v) is 4.81. The second-order valence-electron chi connectivity index (χ2n) is 4.81. The van der Waals surface area contributed by atoms with E-state index in [0.717, 1.165) is 24.3 Å². The molecular formula is C14H21N3O. The zero-order valence-electron chi connectivity index (χ0n) is 11.1. The highest BCUT2D eigenvalue weighted by Gasteiger charge is 2.21. The van der Waals surface area contributed by atoms with Crippen LogP contribution in [-0.2, 0) is 0 Å². The van der Waals surface area contributed by atoms with Crippen LogP contribution in [0.25, 0.3) is 0 Å². The molecule has 1 amide bonds. The first-order valence-electron chi connectivity index (χ1n) is 6.47. The predicted octanol–water partition coefficient (Wildman–Crippen LogP) is 1.55. The number of amides is 1. The number of carbonyl (C=O) groups is 1. The Hall–Kier alpha value is -1.55. The van der Waals surface area contributed by atoms with Crippen LogP contribution in [0.15, 0.2) is 24.3 Å². The molecule has 1 fully saturated rings. The summed E-state index contributed by atoms with van der Waals surface area (Å²) < 4.78 is 0. The molecule has 1 atom stereocenters. The Kier molecular flexibility index (Phi) is 4.20. The van der Waals surface area contributed by atoms with Crippen LogP contribution in [0, 0.1) is 0 Å². The van der Waals surface area contributed by atoms with Crippen LogP contribution in [0.2, 0.25) is 0 Å². The molecule has 1 aromatic rings. The van der Waals surface area contributed by atoms with E-state index in [1.165, 1.54) is 12.8 Å². The van der Waals surface area contributed by atoms with Crippen molar-refractivity contribution < 1.29 is 4.79 Å². The molecule has 0 saturated carbocycles. The molecule has 4 nitrogen and oxygen atoms in total. The van der Waals surface area contributed by atoms with E-state index >= 15 is 0 Å². The highest BCUT2D eigenvalue weighted by atomic mass is 16.1. The number of nitrogens with one attached hydrogen (secondary N) is 2. The van der Waals surface area contributed by atoms with Crippen LogP contribution in [-0.4, -0.2) is 44.0 Å². The Morgan fingerprint density at radius 3 is 2.67 bits per heavy atom. The summed E-state index contributed by atoms with van der Waals surface area (Å²) in [4.78, 5) is 14.3. The molecule has 2 rings (SSSR count). The third-order valence-electron chi connectivity index (χ3n) is 3.61. The smallest absolute Gasteiger partial charge is 0.251 e. The average Bonchev–Trinajstić information content (AvgIpc) is 2.81. The number of nitrogens with zero attached hydrogens (tertiary/aromatic N) is 1. The molecule has 0 radical (unpaired) electrons. The van der Waals surface area contributed by atoms with Gasteiger partial charge in [-0.3, -0.25) is 4.79 Å². The minimum absolute atomic E-state index is 0.0120. The lowest BCUT2D eigenvalue weighted by molar-refractivity contribution is 0.0943. The van der Waals surface area contributed by atoms with E-state index in [0.29, 0.717) is 6.04 Å². The van der Waals surface area contributed by atoms with Crippen LogP contribution in [0.3, 0.4) is 0 Å². The van der Waals surface area contributed by atoms with Gasteiger partial charge in [-0.2, -0.15) is 0 Å². The van der Waals surface area contributed by atoms with E-state index in [1.807, 2.05) is 31.3 Å². The van der Waals surface area contributed by atoms with Gasteiger partial charge in [-0.25, -0.2) is 0 Å². The Morgan fingerprint density at radius 1 is 1.39 bits per heavy atom. The van der Waals surface area contributed by atoms with Crippen LogP contribution >= 0.6 is 0 Å². The number of hydrogen-bond acceptors (Lipinski definition) is 3. The van der Waals surface area contributed by atoms with E-state index in [-0.39, 0.29) is 5.91 Å². The van der Waals surface area contributed by atoms with Crippen molar-refractivity contribution in [3.63, 3.8) is 0 Å². The second kappa shape index (κ2) is 5.87. The molecule has 0 spiro atoms. The monoisotopic (exact) mass is 247 g/mol. The Bertz CT molecular complexity index is 402. The minimum Gasteiger partial charge on any atom is -0.388 e. The molecule has 4 heteroatoms. The largest absolute Gasteiger partial charge is 0.388 e. The topological polar surface area (TPSA) is 44.4 Å². The number of anilines is 1. The molecule has 98 valence electrons. The summed E-state index contributed by atoms with van der Waals surface area (Å²) in [5.74, 6) is 0.0120. The van der Waals surface area contributed by atoms with Gasteiger partial charge in [0.2, 0.25) is 0 Å². The van der Waals surface area contributed by atoms with Gasteiger partial charge in [0.25, 0.3) is 5.91 Å². The van der Waals surface area contributed by atoms with Crippen molar-refractivity contribution in [3.05, 3.63) is 29.8 Å². The maximum atomic E-state index is 12.0. The van der Waals surface area contributed by atoms with E-state index in [4.69, 9.17) is 0 Å². The van der Waals surface area contributed by atoms with E-state index in [1.54, 1.807) is 0 Å². The summed E-state index contributed by atoms with van der Waals surface area (Å²) in [6, 6.07) is 8.01. The SMILES string of the molecule is CNc1ccc(C(=O)NCC2CCCN2C)cc1. The maximum absolute atomic E-state index is 12.0. The van der Waals surface area contributed by atoms with Gasteiger partial charge in [-0.15, -0.1) is 0 Å². The van der Waals surface area contributed by atoms with Gasteiger partial charge in [0, 0.05) is 30.9 Å². The fraction of sp³-hybridized carbons (Fsp3) is 0.500. The molecule has 1 saturated heterocycles. The Balaban J connectivity index is 1.87. The number of benzene rings is 1. The van der Waals surface area contributed by atoms with Gasteiger partial charge < -0.3 is 15.5 Å². The third-order valence-corrected chi connectivity index (χ3v) is 3.61. The lowest BCUT2D eigenvalue weighted by Crippen LogP contribution is -2.38. The van der Waals surface area contributed by atoms with Gasteiger partial charge in [-0.1, -0.05) is 0 Å². The van der Waals surface area contributed by atoms with E-state index in [2.05, 4.69) is 22.6 Å². The molecule has 1 aliphatic rings. The zero-order chi connectivity index (χ0) is 13.0. The van der Waals surface area contributed by atoms with Crippen LogP contribution < -0.4 is 10.6 Å². The first-order valence-corrected chi connectivity index (χ1v) is 6.47. The standard InChI is InChI=1S/C14H21N3O/c1-15-12-7-5-11(6-8-12)14(18)16-10-13-4-3-9-17(13)2/h5-8,13,15H,3-4,9-10H2,1-2H3,(H,16,18). The summed E-state index contributed by atoms with van der Waals surface area (Å²) >= 11 is 0. The summed E-state index contributed by atoms with van der Waals surface area (Å²) in [5.41, 5.74) is 1.73. The molecule has 2 N–H and O–H groups in total. The molecule has 0 bridgehead atoms. The summed E-state index contributed by atoms with van der Waals surface area (Å²) in [6.45, 7) is 1.88. The number of rotatable bonds is 4. The Morgan fingerprint density at radius 2 is 2.11 bits per heavy atom. The van der Waals surface area contributed by atoms with Crippen molar-refractivity contribution in [1.29, 1.82) is 0 Å². The molecule has 1 aromatic carbocycles. The van der Waals surface area contributed by atoms with E-state index in [9.17, 15) is 4.79 Å². The van der Waals surface area contributed by atoms with Crippen molar-refractivity contribution in [2.75, 3.05) is 32.5 Å². The summed E-state index contributed by atoms with van der Waals surface area (Å²) in [5, 5.41) is 6.05. The normalized spacial score (nSPS) is 19.8. The molecule has 1 aliphatic heterocycles. The maximum Gasteiger partial charge on any atom is 0.251 e. The Labute approximate surface area is 108 Å². The zero-order valence-corrected chi connectivity index (χ0v) is 11.1. The molecule has 18 heavy (non-hydrogen) atoms. The van der Waals surface area contributed by atoms with Gasteiger partial charge >= 0.3 is 0 Å². The molecular weight excluding hydrogens is 226 g/mol. The minimum atomic E-state index is 0.0120. The first kappa shape index (κ1) is 12.9. The summed E-state index contributed by atoms with van der Waals surface area (Å²) in [7, 11) is 3.98. The molecule has 0 aliphatic carbocycles. The molecule has 1 heterocycles.